The molecule has 100 valence electrons. The molecule has 0 aromatic heterocycles. The first-order chi connectivity index (χ1) is 8.74. The Kier molecular flexibility index (Phi) is 5.54. The van der Waals surface area contributed by atoms with Gasteiger partial charge in [-0.25, -0.2) is 0 Å². The SMILES string of the molecule is Cc1ccc(SCC(O)CC2CCOCC2)cc1. The van der Waals surface area contributed by atoms with E-state index >= 15 is 0 Å². The summed E-state index contributed by atoms with van der Waals surface area (Å²) in [6, 6.07) is 8.49. The molecular weight excluding hydrogens is 244 g/mol. The number of aliphatic hydroxyl groups is 1. The summed E-state index contributed by atoms with van der Waals surface area (Å²) in [6.45, 7) is 3.82. The number of hydrogen-bond donors (Lipinski definition) is 1. The summed E-state index contributed by atoms with van der Waals surface area (Å²) < 4.78 is 5.33. The number of aliphatic hydroxyl groups excluding tert-OH is 1. The summed E-state index contributed by atoms with van der Waals surface area (Å²) in [5.74, 6) is 1.44. The molecule has 1 aliphatic heterocycles. The topological polar surface area (TPSA) is 29.5 Å². The number of aryl methyl sites for hydroxylation is 1. The second kappa shape index (κ2) is 7.17. The van der Waals surface area contributed by atoms with Crippen LogP contribution in [0.5, 0.6) is 0 Å². The lowest BCUT2D eigenvalue weighted by atomic mass is 9.94. The van der Waals surface area contributed by atoms with Gasteiger partial charge in [0.1, 0.15) is 0 Å². The van der Waals surface area contributed by atoms with Gasteiger partial charge in [-0.2, -0.15) is 0 Å². The lowest BCUT2D eigenvalue weighted by Crippen LogP contribution is -2.22. The van der Waals surface area contributed by atoms with Crippen LogP contribution in [-0.4, -0.2) is 30.2 Å². The van der Waals surface area contributed by atoms with Gasteiger partial charge < -0.3 is 9.84 Å². The highest BCUT2D eigenvalue weighted by Crippen LogP contribution is 2.24. The molecule has 1 unspecified atom stereocenters. The highest BCUT2D eigenvalue weighted by Gasteiger charge is 2.17. The predicted molar refractivity (Wildman–Crippen MR) is 76.1 cm³/mol. The first-order valence-electron chi connectivity index (χ1n) is 6.69. The molecule has 1 fully saturated rings. The van der Waals surface area contributed by atoms with E-state index in [1.54, 1.807) is 11.8 Å². The van der Waals surface area contributed by atoms with Gasteiger partial charge in [0.15, 0.2) is 0 Å². The van der Waals surface area contributed by atoms with Crippen molar-refractivity contribution in [3.63, 3.8) is 0 Å². The summed E-state index contributed by atoms with van der Waals surface area (Å²) in [4.78, 5) is 1.24. The molecule has 1 atom stereocenters. The zero-order chi connectivity index (χ0) is 12.8. The molecule has 3 heteroatoms. The second-order valence-electron chi connectivity index (χ2n) is 5.07. The summed E-state index contributed by atoms with van der Waals surface area (Å²) in [7, 11) is 0. The molecule has 0 saturated carbocycles. The Labute approximate surface area is 114 Å². The van der Waals surface area contributed by atoms with Crippen LogP contribution in [0.1, 0.15) is 24.8 Å². The van der Waals surface area contributed by atoms with E-state index in [1.165, 1.54) is 10.5 Å². The Morgan fingerprint density at radius 3 is 2.61 bits per heavy atom. The second-order valence-corrected chi connectivity index (χ2v) is 6.16. The van der Waals surface area contributed by atoms with Gasteiger partial charge in [0.2, 0.25) is 0 Å². The van der Waals surface area contributed by atoms with E-state index in [2.05, 4.69) is 31.2 Å². The molecule has 1 aromatic rings. The van der Waals surface area contributed by atoms with Crippen LogP contribution in [0, 0.1) is 12.8 Å². The third kappa shape index (κ3) is 4.63. The fraction of sp³-hybridized carbons (Fsp3) is 0.600. The predicted octanol–water partition coefficient (Wildman–Crippen LogP) is 3.26. The van der Waals surface area contributed by atoms with E-state index in [0.29, 0.717) is 5.92 Å². The number of hydrogen-bond acceptors (Lipinski definition) is 3. The molecule has 1 aromatic carbocycles. The maximum atomic E-state index is 10.1. The standard InChI is InChI=1S/C15H22O2S/c1-12-2-4-15(5-3-12)18-11-14(16)10-13-6-8-17-9-7-13/h2-5,13-14,16H,6-11H2,1H3. The van der Waals surface area contributed by atoms with Gasteiger partial charge in [0, 0.05) is 23.9 Å². The van der Waals surface area contributed by atoms with Gasteiger partial charge in [0.05, 0.1) is 6.10 Å². The Bertz CT molecular complexity index is 344. The Hall–Kier alpha value is -0.510. The summed E-state index contributed by atoms with van der Waals surface area (Å²) in [6.07, 6.45) is 2.93. The van der Waals surface area contributed by atoms with E-state index in [1.807, 2.05) is 0 Å². The molecule has 0 bridgehead atoms. The van der Waals surface area contributed by atoms with E-state index in [0.717, 1.165) is 38.2 Å². The molecule has 1 saturated heterocycles. The first-order valence-corrected chi connectivity index (χ1v) is 7.68. The molecule has 0 spiro atoms. The molecule has 2 rings (SSSR count). The van der Waals surface area contributed by atoms with Crippen molar-refractivity contribution in [1.29, 1.82) is 0 Å². The Balaban J connectivity index is 1.70. The van der Waals surface area contributed by atoms with Crippen molar-refractivity contribution < 1.29 is 9.84 Å². The minimum atomic E-state index is -0.195. The number of ether oxygens (including phenoxy) is 1. The van der Waals surface area contributed by atoms with Gasteiger partial charge in [0.25, 0.3) is 0 Å². The zero-order valence-corrected chi connectivity index (χ0v) is 11.8. The Morgan fingerprint density at radius 2 is 1.94 bits per heavy atom. The van der Waals surface area contributed by atoms with Crippen molar-refractivity contribution >= 4 is 11.8 Å². The van der Waals surface area contributed by atoms with Crippen LogP contribution in [0.4, 0.5) is 0 Å². The fourth-order valence-corrected chi connectivity index (χ4v) is 3.11. The minimum absolute atomic E-state index is 0.195. The summed E-state index contributed by atoms with van der Waals surface area (Å²) in [5.41, 5.74) is 1.28. The third-order valence-corrected chi connectivity index (χ3v) is 4.57. The molecule has 1 aliphatic rings. The van der Waals surface area contributed by atoms with Crippen molar-refractivity contribution in [1.82, 2.24) is 0 Å². The third-order valence-electron chi connectivity index (χ3n) is 3.41. The van der Waals surface area contributed by atoms with Gasteiger partial charge in [-0.3, -0.25) is 0 Å². The van der Waals surface area contributed by atoms with Crippen LogP contribution >= 0.6 is 11.8 Å². The van der Waals surface area contributed by atoms with Crippen LogP contribution in [0.2, 0.25) is 0 Å². The monoisotopic (exact) mass is 266 g/mol. The maximum Gasteiger partial charge on any atom is 0.0636 e. The van der Waals surface area contributed by atoms with Crippen LogP contribution in [0.25, 0.3) is 0 Å². The van der Waals surface area contributed by atoms with Crippen LogP contribution in [0.15, 0.2) is 29.2 Å². The van der Waals surface area contributed by atoms with Gasteiger partial charge in [-0.15, -0.1) is 11.8 Å². The average molecular weight is 266 g/mol. The smallest absolute Gasteiger partial charge is 0.0636 e. The largest absolute Gasteiger partial charge is 0.392 e. The molecule has 1 N–H and O–H groups in total. The average Bonchev–Trinajstić information content (AvgIpc) is 2.39. The molecule has 2 nitrogen and oxygen atoms in total. The lowest BCUT2D eigenvalue weighted by molar-refractivity contribution is 0.0478. The zero-order valence-electron chi connectivity index (χ0n) is 11.0. The lowest BCUT2D eigenvalue weighted by Gasteiger charge is -2.24. The van der Waals surface area contributed by atoms with Crippen molar-refractivity contribution in [2.75, 3.05) is 19.0 Å². The normalized spacial score (nSPS) is 18.8. The summed E-state index contributed by atoms with van der Waals surface area (Å²) >= 11 is 1.74. The van der Waals surface area contributed by atoms with Crippen molar-refractivity contribution in [3.8, 4) is 0 Å². The van der Waals surface area contributed by atoms with E-state index in [-0.39, 0.29) is 6.10 Å². The molecule has 0 amide bonds. The number of thioether (sulfide) groups is 1. The summed E-state index contributed by atoms with van der Waals surface area (Å²) in [5, 5.41) is 10.1. The van der Waals surface area contributed by atoms with E-state index < -0.39 is 0 Å². The van der Waals surface area contributed by atoms with Crippen LogP contribution < -0.4 is 0 Å². The van der Waals surface area contributed by atoms with Crippen LogP contribution in [0.3, 0.4) is 0 Å². The molecule has 1 heterocycles. The Morgan fingerprint density at radius 1 is 1.28 bits per heavy atom. The fourth-order valence-electron chi connectivity index (χ4n) is 2.26. The maximum absolute atomic E-state index is 10.1. The molecule has 18 heavy (non-hydrogen) atoms. The van der Waals surface area contributed by atoms with Gasteiger partial charge in [-0.05, 0) is 44.2 Å². The number of rotatable bonds is 5. The molecule has 0 radical (unpaired) electrons. The van der Waals surface area contributed by atoms with Crippen molar-refractivity contribution in [3.05, 3.63) is 29.8 Å². The highest BCUT2D eigenvalue weighted by atomic mass is 32.2. The highest BCUT2D eigenvalue weighted by molar-refractivity contribution is 7.99. The van der Waals surface area contributed by atoms with Crippen molar-refractivity contribution in [2.24, 2.45) is 5.92 Å². The number of benzene rings is 1. The molecular formula is C15H22O2S. The molecule has 0 aliphatic carbocycles. The quantitative estimate of drug-likeness (QED) is 0.830. The van der Waals surface area contributed by atoms with Gasteiger partial charge >= 0.3 is 0 Å². The minimum Gasteiger partial charge on any atom is -0.392 e. The van der Waals surface area contributed by atoms with E-state index in [9.17, 15) is 5.11 Å². The van der Waals surface area contributed by atoms with Crippen molar-refractivity contribution in [2.45, 2.75) is 37.2 Å². The first kappa shape index (κ1) is 13.9. The van der Waals surface area contributed by atoms with E-state index in [4.69, 9.17) is 4.74 Å². The van der Waals surface area contributed by atoms with Crippen LogP contribution in [-0.2, 0) is 4.74 Å². The van der Waals surface area contributed by atoms with Gasteiger partial charge in [-0.1, -0.05) is 17.7 Å².